The molecule has 2 heteroatoms. The van der Waals surface area contributed by atoms with E-state index in [0.717, 1.165) is 19.7 Å². The highest BCUT2D eigenvalue weighted by Gasteiger charge is 2.41. The summed E-state index contributed by atoms with van der Waals surface area (Å²) in [5, 5.41) is 0. The first-order chi connectivity index (χ1) is 4.31. The van der Waals surface area contributed by atoms with Gasteiger partial charge >= 0.3 is 0 Å². The van der Waals surface area contributed by atoms with Crippen LogP contribution in [0.4, 0.5) is 0 Å². The normalized spacial score (nSPS) is 28.1. The summed E-state index contributed by atoms with van der Waals surface area (Å²) >= 11 is 0. The highest BCUT2D eigenvalue weighted by atomic mass is 16.5. The molecular weight excluding hydrogens is 126 g/mol. The molecule has 1 saturated heterocycles. The molecule has 58 valence electrons. The maximum absolute atomic E-state index is 5.49. The van der Waals surface area contributed by atoms with Gasteiger partial charge in [-0.15, -0.1) is 0 Å². The van der Waals surface area contributed by atoms with E-state index in [0.29, 0.717) is 0 Å². The van der Waals surface area contributed by atoms with Crippen LogP contribution in [0.25, 0.3) is 0 Å². The third-order valence-corrected chi connectivity index (χ3v) is 1.96. The van der Waals surface area contributed by atoms with E-state index in [2.05, 4.69) is 24.1 Å². The zero-order valence-corrected chi connectivity index (χ0v) is 5.63. The Labute approximate surface area is 62.5 Å². The van der Waals surface area contributed by atoms with Crippen LogP contribution in [0.15, 0.2) is 12.2 Å². The summed E-state index contributed by atoms with van der Waals surface area (Å²) in [7, 11) is 2.11. The van der Waals surface area contributed by atoms with E-state index in [-0.39, 0.29) is 13.0 Å². The monoisotopic (exact) mass is 141 g/mol. The molecule has 2 rings (SSSR count). The van der Waals surface area contributed by atoms with E-state index in [4.69, 9.17) is 4.74 Å². The Morgan fingerprint density at radius 3 is 2.60 bits per heavy atom. The van der Waals surface area contributed by atoms with Crippen molar-refractivity contribution < 1.29 is 4.74 Å². The summed E-state index contributed by atoms with van der Waals surface area (Å²) < 4.78 is 5.49. The van der Waals surface area contributed by atoms with Crippen molar-refractivity contribution in [3.63, 3.8) is 0 Å². The molecular formula is C8H15NO. The highest BCUT2D eigenvalue weighted by molar-refractivity contribution is 5.15. The van der Waals surface area contributed by atoms with Gasteiger partial charge in [0, 0.05) is 13.1 Å². The Balaban J connectivity index is 0.000000500. The minimum atomic E-state index is 0. The molecule has 0 aromatic carbocycles. The van der Waals surface area contributed by atoms with Crippen LogP contribution in [0.2, 0.25) is 0 Å². The minimum Gasteiger partial charge on any atom is -0.364 e. The number of hydrogen-bond acceptors (Lipinski definition) is 2. The van der Waals surface area contributed by atoms with Gasteiger partial charge in [-0.1, -0.05) is 19.6 Å². The molecule has 0 amide bonds. The average molecular weight is 141 g/mol. The van der Waals surface area contributed by atoms with Crippen LogP contribution in [0, 0.1) is 0 Å². The number of likely N-dealkylation sites (N-methyl/N-ethyl adjacent to an activating group) is 1. The van der Waals surface area contributed by atoms with Gasteiger partial charge in [0.05, 0.1) is 6.61 Å². The fourth-order valence-corrected chi connectivity index (χ4v) is 1.59. The predicted octanol–water partition coefficient (Wildman–Crippen LogP) is 0.893. The minimum absolute atomic E-state index is 0. The molecule has 2 heterocycles. The Kier molecular flexibility index (Phi) is 1.84. The summed E-state index contributed by atoms with van der Waals surface area (Å²) in [6, 6.07) is 0. The molecule has 0 aromatic rings. The van der Waals surface area contributed by atoms with Crippen molar-refractivity contribution in [2.75, 3.05) is 26.7 Å². The molecule has 0 atom stereocenters. The van der Waals surface area contributed by atoms with E-state index in [1.165, 1.54) is 0 Å². The van der Waals surface area contributed by atoms with Crippen molar-refractivity contribution in [1.82, 2.24) is 4.90 Å². The fourth-order valence-electron chi connectivity index (χ4n) is 1.59. The van der Waals surface area contributed by atoms with E-state index in [1.54, 1.807) is 0 Å². The van der Waals surface area contributed by atoms with Gasteiger partial charge in [0.1, 0.15) is 5.60 Å². The summed E-state index contributed by atoms with van der Waals surface area (Å²) in [5.74, 6) is 0. The van der Waals surface area contributed by atoms with Crippen molar-refractivity contribution in [2.45, 2.75) is 13.0 Å². The first-order valence-electron chi connectivity index (χ1n) is 3.31. The quantitative estimate of drug-likeness (QED) is 0.465. The second-order valence-corrected chi connectivity index (χ2v) is 2.95. The lowest BCUT2D eigenvalue weighted by Crippen LogP contribution is -2.58. The van der Waals surface area contributed by atoms with Crippen molar-refractivity contribution in [3.8, 4) is 0 Å². The maximum Gasteiger partial charge on any atom is 0.112 e. The fraction of sp³-hybridized carbons (Fsp3) is 0.750. The molecule has 0 N–H and O–H groups in total. The number of likely N-dealkylation sites (tertiary alicyclic amines) is 1. The van der Waals surface area contributed by atoms with Gasteiger partial charge in [-0.05, 0) is 7.05 Å². The third-order valence-electron chi connectivity index (χ3n) is 1.96. The van der Waals surface area contributed by atoms with Crippen LogP contribution in [-0.4, -0.2) is 37.2 Å². The van der Waals surface area contributed by atoms with Gasteiger partial charge in [0.15, 0.2) is 0 Å². The van der Waals surface area contributed by atoms with Crippen molar-refractivity contribution >= 4 is 0 Å². The van der Waals surface area contributed by atoms with E-state index in [9.17, 15) is 0 Å². The first-order valence-corrected chi connectivity index (χ1v) is 3.31. The molecule has 0 aliphatic carbocycles. The van der Waals surface area contributed by atoms with Gasteiger partial charge in [-0.2, -0.15) is 0 Å². The molecule has 0 saturated carbocycles. The van der Waals surface area contributed by atoms with Crippen LogP contribution >= 0.6 is 0 Å². The van der Waals surface area contributed by atoms with Gasteiger partial charge in [0.25, 0.3) is 0 Å². The summed E-state index contributed by atoms with van der Waals surface area (Å²) in [6.07, 6.45) is 4.29. The van der Waals surface area contributed by atoms with Crippen LogP contribution < -0.4 is 0 Å². The molecule has 0 aromatic heterocycles. The standard InChI is InChI=1S/C7H11NO.CH4/c1-8-5-7(6-8)3-2-4-9-7;/h2-3H,4-6H2,1H3;1H4. The zero-order chi connectivity index (χ0) is 6.32. The second kappa shape index (κ2) is 2.36. The Morgan fingerprint density at radius 2 is 2.20 bits per heavy atom. The van der Waals surface area contributed by atoms with Crippen LogP contribution in [0.3, 0.4) is 0 Å². The Hall–Kier alpha value is -0.340. The van der Waals surface area contributed by atoms with Crippen molar-refractivity contribution in [3.05, 3.63) is 12.2 Å². The number of nitrogens with zero attached hydrogens (tertiary/aromatic N) is 1. The Bertz CT molecular complexity index is 147. The maximum atomic E-state index is 5.49. The lowest BCUT2D eigenvalue weighted by Gasteiger charge is -2.43. The van der Waals surface area contributed by atoms with Gasteiger partial charge in [0.2, 0.25) is 0 Å². The van der Waals surface area contributed by atoms with Crippen molar-refractivity contribution in [2.24, 2.45) is 0 Å². The highest BCUT2D eigenvalue weighted by Crippen LogP contribution is 2.28. The van der Waals surface area contributed by atoms with E-state index < -0.39 is 0 Å². The molecule has 1 fully saturated rings. The Morgan fingerprint density at radius 1 is 1.50 bits per heavy atom. The summed E-state index contributed by atoms with van der Waals surface area (Å²) in [4.78, 5) is 2.26. The second-order valence-electron chi connectivity index (χ2n) is 2.95. The zero-order valence-electron chi connectivity index (χ0n) is 5.63. The lowest BCUT2D eigenvalue weighted by molar-refractivity contribution is -0.0795. The van der Waals surface area contributed by atoms with Crippen LogP contribution in [0.1, 0.15) is 7.43 Å². The lowest BCUT2D eigenvalue weighted by atomic mass is 9.96. The largest absolute Gasteiger partial charge is 0.364 e. The third kappa shape index (κ3) is 0.976. The van der Waals surface area contributed by atoms with Crippen LogP contribution in [-0.2, 0) is 4.74 Å². The first kappa shape index (κ1) is 7.76. The predicted molar refractivity (Wildman–Crippen MR) is 42.1 cm³/mol. The van der Waals surface area contributed by atoms with Crippen molar-refractivity contribution in [1.29, 1.82) is 0 Å². The molecule has 1 spiro atoms. The number of hydrogen-bond donors (Lipinski definition) is 0. The molecule has 0 unspecified atom stereocenters. The van der Waals surface area contributed by atoms with Crippen LogP contribution in [0.5, 0.6) is 0 Å². The number of ether oxygens (including phenoxy) is 1. The topological polar surface area (TPSA) is 12.5 Å². The molecule has 2 aliphatic heterocycles. The summed E-state index contributed by atoms with van der Waals surface area (Å²) in [6.45, 7) is 2.96. The van der Waals surface area contributed by atoms with Gasteiger partial charge < -0.3 is 4.74 Å². The van der Waals surface area contributed by atoms with Gasteiger partial charge in [-0.3, -0.25) is 4.90 Å². The average Bonchev–Trinajstić information content (AvgIpc) is 2.12. The molecule has 2 nitrogen and oxygen atoms in total. The molecule has 2 aliphatic rings. The summed E-state index contributed by atoms with van der Waals surface area (Å²) in [5.41, 5.74) is 0.134. The molecule has 0 bridgehead atoms. The number of rotatable bonds is 0. The van der Waals surface area contributed by atoms with E-state index in [1.807, 2.05) is 0 Å². The molecule has 10 heavy (non-hydrogen) atoms. The molecule has 0 radical (unpaired) electrons. The van der Waals surface area contributed by atoms with Gasteiger partial charge in [-0.25, -0.2) is 0 Å². The smallest absolute Gasteiger partial charge is 0.112 e. The van der Waals surface area contributed by atoms with E-state index >= 15 is 0 Å². The SMILES string of the molecule is C.CN1CC2(C=CCO2)C1.